The summed E-state index contributed by atoms with van der Waals surface area (Å²) >= 11 is 0. The van der Waals surface area contributed by atoms with Crippen LogP contribution in [0.5, 0.6) is 0 Å². The second-order valence-electron chi connectivity index (χ2n) is 4.09. The molecule has 0 aliphatic carbocycles. The molecule has 0 atom stereocenters. The molecule has 0 bridgehead atoms. The van der Waals surface area contributed by atoms with Gasteiger partial charge in [-0.1, -0.05) is 0 Å². The monoisotopic (exact) mass is 288 g/mol. The molecule has 2 rings (SSSR count). The van der Waals surface area contributed by atoms with Gasteiger partial charge in [0.1, 0.15) is 11.6 Å². The highest BCUT2D eigenvalue weighted by atomic mass is 19.4. The number of nitrogens with one attached hydrogen (secondary N) is 1. The summed E-state index contributed by atoms with van der Waals surface area (Å²) in [7, 11) is 0. The van der Waals surface area contributed by atoms with Crippen LogP contribution in [0.1, 0.15) is 5.56 Å². The molecule has 2 aromatic rings. The van der Waals surface area contributed by atoms with Crippen molar-refractivity contribution >= 4 is 17.1 Å². The summed E-state index contributed by atoms with van der Waals surface area (Å²) in [4.78, 5) is 0. The van der Waals surface area contributed by atoms with Crippen LogP contribution in [0, 0.1) is 11.6 Å². The molecule has 0 fully saturated rings. The van der Waals surface area contributed by atoms with E-state index in [1.807, 2.05) is 0 Å². The van der Waals surface area contributed by atoms with Gasteiger partial charge in [-0.25, -0.2) is 8.78 Å². The van der Waals surface area contributed by atoms with Gasteiger partial charge < -0.3 is 11.1 Å². The number of benzene rings is 2. The quantitative estimate of drug-likeness (QED) is 0.638. The molecule has 0 aliphatic heterocycles. The Hall–Kier alpha value is -2.31. The molecule has 7 heteroatoms. The first-order valence-electron chi connectivity index (χ1n) is 5.45. The maximum absolute atomic E-state index is 13.1. The third kappa shape index (κ3) is 3.17. The summed E-state index contributed by atoms with van der Waals surface area (Å²) in [5, 5.41) is 2.54. The van der Waals surface area contributed by atoms with Crippen LogP contribution in [-0.4, -0.2) is 0 Å². The van der Waals surface area contributed by atoms with Gasteiger partial charge in [0.2, 0.25) is 0 Å². The fourth-order valence-electron chi connectivity index (χ4n) is 1.67. The van der Waals surface area contributed by atoms with Gasteiger partial charge in [-0.2, -0.15) is 13.2 Å². The third-order valence-electron chi connectivity index (χ3n) is 2.48. The van der Waals surface area contributed by atoms with Crippen molar-refractivity contribution in [3.05, 3.63) is 53.6 Å². The van der Waals surface area contributed by atoms with Gasteiger partial charge in [0, 0.05) is 17.1 Å². The first-order valence-corrected chi connectivity index (χ1v) is 5.45. The molecule has 0 aromatic heterocycles. The number of hydrogen-bond donors (Lipinski definition) is 2. The number of nitrogen functional groups attached to an aromatic ring is 1. The Morgan fingerprint density at radius 1 is 0.900 bits per heavy atom. The zero-order valence-corrected chi connectivity index (χ0v) is 9.93. The van der Waals surface area contributed by atoms with Gasteiger partial charge in [0.25, 0.3) is 0 Å². The minimum Gasteiger partial charge on any atom is -0.399 e. The molecular weight excluding hydrogens is 279 g/mol. The standard InChI is InChI=1S/C13H9F5N2/c14-7-3-8(19)5-10(4-7)20-9-1-2-12(15)11(6-9)13(16,17)18/h1-6,20H,19H2. The Labute approximate surface area is 111 Å². The SMILES string of the molecule is Nc1cc(F)cc(Nc2ccc(F)c(C(F)(F)F)c2)c1. The van der Waals surface area contributed by atoms with Crippen molar-refractivity contribution in [2.45, 2.75) is 6.18 Å². The van der Waals surface area contributed by atoms with E-state index in [0.717, 1.165) is 18.2 Å². The van der Waals surface area contributed by atoms with Crippen molar-refractivity contribution in [2.75, 3.05) is 11.1 Å². The van der Waals surface area contributed by atoms with Crippen molar-refractivity contribution in [1.82, 2.24) is 0 Å². The van der Waals surface area contributed by atoms with Crippen LogP contribution in [0.15, 0.2) is 36.4 Å². The Bertz CT molecular complexity index is 617. The summed E-state index contributed by atoms with van der Waals surface area (Å²) < 4.78 is 63.9. The number of alkyl halides is 3. The van der Waals surface area contributed by atoms with E-state index in [0.29, 0.717) is 12.1 Å². The number of halogens is 5. The highest BCUT2D eigenvalue weighted by Gasteiger charge is 2.34. The van der Waals surface area contributed by atoms with Crippen LogP contribution in [0.3, 0.4) is 0 Å². The van der Waals surface area contributed by atoms with Crippen LogP contribution in [0.4, 0.5) is 39.0 Å². The molecule has 0 spiro atoms. The lowest BCUT2D eigenvalue weighted by atomic mass is 10.1. The molecule has 0 saturated carbocycles. The van der Waals surface area contributed by atoms with Crippen LogP contribution in [-0.2, 0) is 6.18 Å². The molecular formula is C13H9F5N2. The van der Waals surface area contributed by atoms with Crippen LogP contribution >= 0.6 is 0 Å². The van der Waals surface area contributed by atoms with Gasteiger partial charge >= 0.3 is 6.18 Å². The van der Waals surface area contributed by atoms with E-state index in [4.69, 9.17) is 5.73 Å². The van der Waals surface area contributed by atoms with Crippen molar-refractivity contribution in [2.24, 2.45) is 0 Å². The number of rotatable bonds is 2. The predicted molar refractivity (Wildman–Crippen MR) is 65.5 cm³/mol. The molecule has 106 valence electrons. The van der Waals surface area contributed by atoms with Crippen LogP contribution in [0.2, 0.25) is 0 Å². The maximum Gasteiger partial charge on any atom is 0.419 e. The fourth-order valence-corrected chi connectivity index (χ4v) is 1.67. The summed E-state index contributed by atoms with van der Waals surface area (Å²) in [6, 6.07) is 5.89. The molecule has 2 nitrogen and oxygen atoms in total. The number of nitrogens with two attached hydrogens (primary N) is 1. The van der Waals surface area contributed by atoms with Gasteiger partial charge in [0.15, 0.2) is 0 Å². The predicted octanol–water partition coefficient (Wildman–Crippen LogP) is 4.31. The van der Waals surface area contributed by atoms with E-state index < -0.39 is 23.4 Å². The lowest BCUT2D eigenvalue weighted by Crippen LogP contribution is -2.08. The highest BCUT2D eigenvalue weighted by molar-refractivity contribution is 5.64. The van der Waals surface area contributed by atoms with E-state index in [1.54, 1.807) is 0 Å². The van der Waals surface area contributed by atoms with Crippen LogP contribution in [0.25, 0.3) is 0 Å². The number of anilines is 3. The average Bonchev–Trinajstić information content (AvgIpc) is 2.29. The Balaban J connectivity index is 2.35. The van der Waals surface area contributed by atoms with Gasteiger partial charge in [0.05, 0.1) is 5.56 Å². The summed E-state index contributed by atoms with van der Waals surface area (Å²) in [6.07, 6.45) is -4.80. The topological polar surface area (TPSA) is 38.0 Å². The summed E-state index contributed by atoms with van der Waals surface area (Å²) in [6.45, 7) is 0. The number of hydrogen-bond acceptors (Lipinski definition) is 2. The third-order valence-corrected chi connectivity index (χ3v) is 2.48. The van der Waals surface area contributed by atoms with Crippen molar-refractivity contribution in [1.29, 1.82) is 0 Å². The zero-order valence-electron chi connectivity index (χ0n) is 9.93. The zero-order chi connectivity index (χ0) is 14.9. The molecule has 0 heterocycles. The first kappa shape index (κ1) is 14.1. The molecule has 0 radical (unpaired) electrons. The van der Waals surface area contributed by atoms with E-state index >= 15 is 0 Å². The lowest BCUT2D eigenvalue weighted by Gasteiger charge is -2.12. The summed E-state index contributed by atoms with van der Waals surface area (Å²) in [5.74, 6) is -2.01. The minimum absolute atomic E-state index is 0.0243. The smallest absolute Gasteiger partial charge is 0.399 e. The van der Waals surface area contributed by atoms with E-state index in [1.165, 1.54) is 6.07 Å². The van der Waals surface area contributed by atoms with Crippen molar-refractivity contribution in [3.8, 4) is 0 Å². The van der Waals surface area contributed by atoms with Gasteiger partial charge in [-0.3, -0.25) is 0 Å². The normalized spacial score (nSPS) is 11.4. The molecule has 0 aliphatic rings. The van der Waals surface area contributed by atoms with Gasteiger partial charge in [-0.05, 0) is 36.4 Å². The minimum atomic E-state index is -4.80. The van der Waals surface area contributed by atoms with Crippen molar-refractivity contribution in [3.63, 3.8) is 0 Å². The molecule has 0 saturated heterocycles. The largest absolute Gasteiger partial charge is 0.419 e. The van der Waals surface area contributed by atoms with Crippen LogP contribution < -0.4 is 11.1 Å². The second kappa shape index (κ2) is 4.99. The van der Waals surface area contributed by atoms with Gasteiger partial charge in [-0.15, -0.1) is 0 Å². The maximum atomic E-state index is 13.1. The molecule has 20 heavy (non-hydrogen) atoms. The Morgan fingerprint density at radius 2 is 1.60 bits per heavy atom. The second-order valence-corrected chi connectivity index (χ2v) is 4.09. The molecule has 0 unspecified atom stereocenters. The lowest BCUT2D eigenvalue weighted by molar-refractivity contribution is -0.139. The molecule has 2 aromatic carbocycles. The highest BCUT2D eigenvalue weighted by Crippen LogP contribution is 2.33. The molecule has 0 amide bonds. The van der Waals surface area contributed by atoms with E-state index in [-0.39, 0.29) is 17.1 Å². The first-order chi connectivity index (χ1) is 9.25. The molecule has 3 N–H and O–H groups in total. The van der Waals surface area contributed by atoms with E-state index in [2.05, 4.69) is 5.32 Å². The van der Waals surface area contributed by atoms with E-state index in [9.17, 15) is 22.0 Å². The Morgan fingerprint density at radius 3 is 2.20 bits per heavy atom. The fraction of sp³-hybridized carbons (Fsp3) is 0.0769. The Kier molecular flexibility index (Phi) is 3.52. The van der Waals surface area contributed by atoms with Crippen molar-refractivity contribution < 1.29 is 22.0 Å². The summed E-state index contributed by atoms with van der Waals surface area (Å²) in [5.41, 5.74) is 4.28. The average molecular weight is 288 g/mol.